The number of nitrogens with one attached hydrogen (secondary N) is 3. The summed E-state index contributed by atoms with van der Waals surface area (Å²) in [6, 6.07) is 5.68. The second-order valence-corrected chi connectivity index (χ2v) is 8.94. The van der Waals surface area contributed by atoms with Gasteiger partial charge in [-0.05, 0) is 37.0 Å². The molecule has 27 heavy (non-hydrogen) atoms. The molecule has 1 aliphatic rings. The van der Waals surface area contributed by atoms with E-state index < -0.39 is 16.1 Å². The summed E-state index contributed by atoms with van der Waals surface area (Å²) in [6.07, 6.45) is 5.64. The fourth-order valence-corrected chi connectivity index (χ4v) is 3.93. The van der Waals surface area contributed by atoms with E-state index in [1.54, 1.807) is 12.1 Å². The largest absolute Gasteiger partial charge is 0.356 e. The molecule has 0 heterocycles. The number of rotatable bonds is 7. The molecule has 0 bridgehead atoms. The number of carbonyl (C=O) groups excluding carboxylic acids is 2. The van der Waals surface area contributed by atoms with Crippen LogP contribution >= 0.6 is 0 Å². The molecular weight excluding hydrogens is 366 g/mol. The summed E-state index contributed by atoms with van der Waals surface area (Å²) >= 11 is 0. The quantitative estimate of drug-likeness (QED) is 0.659. The van der Waals surface area contributed by atoms with Crippen molar-refractivity contribution in [1.82, 2.24) is 15.4 Å². The monoisotopic (exact) mass is 395 g/mol. The fourth-order valence-electron chi connectivity index (χ4n) is 3.01. The van der Waals surface area contributed by atoms with E-state index in [0.29, 0.717) is 13.0 Å². The van der Waals surface area contributed by atoms with Gasteiger partial charge in [0.15, 0.2) is 0 Å². The van der Waals surface area contributed by atoms with Crippen LogP contribution in [0.2, 0.25) is 0 Å². The van der Waals surface area contributed by atoms with Gasteiger partial charge in [0, 0.05) is 18.5 Å². The van der Waals surface area contributed by atoms with Gasteiger partial charge in [-0.25, -0.2) is 17.9 Å². The van der Waals surface area contributed by atoms with Crippen LogP contribution in [0.15, 0.2) is 29.2 Å². The molecule has 0 radical (unpaired) electrons. The molecule has 1 aliphatic carbocycles. The molecular formula is C19H29N3O4S. The van der Waals surface area contributed by atoms with Gasteiger partial charge in [0.25, 0.3) is 10.0 Å². The molecule has 2 rings (SSSR count). The highest BCUT2D eigenvalue weighted by Gasteiger charge is 2.21. The van der Waals surface area contributed by atoms with Crippen LogP contribution in [0.25, 0.3) is 0 Å². The van der Waals surface area contributed by atoms with Crippen molar-refractivity contribution < 1.29 is 18.0 Å². The van der Waals surface area contributed by atoms with Gasteiger partial charge in [-0.1, -0.05) is 45.2 Å². The smallest absolute Gasteiger partial charge is 0.328 e. The summed E-state index contributed by atoms with van der Waals surface area (Å²) in [5.74, 6) is -0.0780. The number of sulfonamides is 1. The Hall–Kier alpha value is -2.09. The molecule has 0 unspecified atom stereocenters. The zero-order valence-electron chi connectivity index (χ0n) is 16.0. The SMILES string of the molecule is CC(C)C(=O)NCCc1ccc(S(=O)(=O)NC(=O)NC2CCCCC2)cc1. The zero-order chi connectivity index (χ0) is 19.9. The Labute approximate surface area is 161 Å². The average molecular weight is 396 g/mol. The maximum atomic E-state index is 12.3. The second-order valence-electron chi connectivity index (χ2n) is 7.25. The highest BCUT2D eigenvalue weighted by atomic mass is 32.2. The molecule has 8 heteroatoms. The van der Waals surface area contributed by atoms with Gasteiger partial charge in [-0.2, -0.15) is 0 Å². The lowest BCUT2D eigenvalue weighted by atomic mass is 9.96. The van der Waals surface area contributed by atoms with Crippen molar-refractivity contribution in [2.75, 3.05) is 6.54 Å². The van der Waals surface area contributed by atoms with Crippen molar-refractivity contribution in [2.45, 2.75) is 63.3 Å². The number of benzene rings is 1. The Morgan fingerprint density at radius 2 is 1.70 bits per heavy atom. The maximum absolute atomic E-state index is 12.3. The Balaban J connectivity index is 1.86. The predicted molar refractivity (Wildman–Crippen MR) is 104 cm³/mol. The lowest BCUT2D eigenvalue weighted by Gasteiger charge is -2.22. The third-order valence-electron chi connectivity index (χ3n) is 4.64. The van der Waals surface area contributed by atoms with E-state index in [1.165, 1.54) is 12.1 Å². The molecule has 0 atom stereocenters. The van der Waals surface area contributed by atoms with E-state index in [1.807, 2.05) is 13.8 Å². The van der Waals surface area contributed by atoms with Gasteiger partial charge in [0.2, 0.25) is 5.91 Å². The van der Waals surface area contributed by atoms with Crippen LogP contribution in [0.3, 0.4) is 0 Å². The standard InChI is InChI=1S/C19H29N3O4S/c1-14(2)18(23)20-13-12-15-8-10-17(11-9-15)27(25,26)22-19(24)21-16-6-4-3-5-7-16/h8-11,14,16H,3-7,12-13H2,1-2H3,(H,20,23)(H2,21,22,24). The fraction of sp³-hybridized carbons (Fsp3) is 0.579. The number of hydrogen-bond acceptors (Lipinski definition) is 4. The molecule has 1 fully saturated rings. The van der Waals surface area contributed by atoms with E-state index in [0.717, 1.165) is 37.7 Å². The van der Waals surface area contributed by atoms with Crippen molar-refractivity contribution in [2.24, 2.45) is 5.92 Å². The molecule has 7 nitrogen and oxygen atoms in total. The second kappa shape index (κ2) is 9.73. The first kappa shape index (κ1) is 21.2. The van der Waals surface area contributed by atoms with Crippen LogP contribution in [-0.2, 0) is 21.2 Å². The van der Waals surface area contributed by atoms with Crippen LogP contribution in [0, 0.1) is 5.92 Å². The van der Waals surface area contributed by atoms with Crippen LogP contribution in [-0.4, -0.2) is 32.9 Å². The molecule has 0 saturated heterocycles. The predicted octanol–water partition coefficient (Wildman–Crippen LogP) is 2.32. The van der Waals surface area contributed by atoms with E-state index in [-0.39, 0.29) is 22.8 Å². The first-order valence-corrected chi connectivity index (χ1v) is 11.0. The summed E-state index contributed by atoms with van der Waals surface area (Å²) in [5.41, 5.74) is 0.907. The molecule has 0 aliphatic heterocycles. The molecule has 150 valence electrons. The van der Waals surface area contributed by atoms with Crippen LogP contribution < -0.4 is 15.4 Å². The van der Waals surface area contributed by atoms with E-state index in [4.69, 9.17) is 0 Å². The molecule has 1 aromatic rings. The molecule has 0 aromatic heterocycles. The van der Waals surface area contributed by atoms with E-state index >= 15 is 0 Å². The van der Waals surface area contributed by atoms with Crippen molar-refractivity contribution in [3.8, 4) is 0 Å². The van der Waals surface area contributed by atoms with E-state index in [9.17, 15) is 18.0 Å². The van der Waals surface area contributed by atoms with Crippen molar-refractivity contribution in [3.05, 3.63) is 29.8 Å². The van der Waals surface area contributed by atoms with E-state index in [2.05, 4.69) is 15.4 Å². The van der Waals surface area contributed by atoms with Gasteiger partial charge >= 0.3 is 6.03 Å². The molecule has 3 N–H and O–H groups in total. The minimum atomic E-state index is -3.90. The molecule has 1 saturated carbocycles. The third kappa shape index (κ3) is 6.86. The van der Waals surface area contributed by atoms with Gasteiger partial charge in [-0.3, -0.25) is 4.79 Å². The topological polar surface area (TPSA) is 104 Å². The summed E-state index contributed by atoms with van der Waals surface area (Å²) in [5, 5.41) is 5.55. The van der Waals surface area contributed by atoms with Gasteiger partial charge in [0.05, 0.1) is 4.90 Å². The third-order valence-corrected chi connectivity index (χ3v) is 5.99. The summed E-state index contributed by atoms with van der Waals surface area (Å²) in [4.78, 5) is 23.6. The zero-order valence-corrected chi connectivity index (χ0v) is 16.8. The Morgan fingerprint density at radius 3 is 2.30 bits per heavy atom. The van der Waals surface area contributed by atoms with Crippen molar-refractivity contribution in [3.63, 3.8) is 0 Å². The van der Waals surface area contributed by atoms with Crippen LogP contribution in [0.5, 0.6) is 0 Å². The Bertz CT molecular complexity index is 739. The Kier molecular flexibility index (Phi) is 7.65. The van der Waals surface area contributed by atoms with Gasteiger partial charge in [-0.15, -0.1) is 0 Å². The number of carbonyl (C=O) groups is 2. The highest BCUT2D eigenvalue weighted by Crippen LogP contribution is 2.17. The minimum Gasteiger partial charge on any atom is -0.356 e. The normalized spacial score (nSPS) is 15.4. The number of hydrogen-bond donors (Lipinski definition) is 3. The molecule has 1 aromatic carbocycles. The summed E-state index contributed by atoms with van der Waals surface area (Å²) in [6.45, 7) is 4.14. The van der Waals surface area contributed by atoms with Crippen molar-refractivity contribution >= 4 is 22.0 Å². The number of urea groups is 1. The first-order chi connectivity index (χ1) is 12.8. The first-order valence-electron chi connectivity index (χ1n) is 9.48. The summed E-state index contributed by atoms with van der Waals surface area (Å²) in [7, 11) is -3.90. The van der Waals surface area contributed by atoms with Crippen LogP contribution in [0.1, 0.15) is 51.5 Å². The number of amides is 3. The Morgan fingerprint density at radius 1 is 1.07 bits per heavy atom. The maximum Gasteiger partial charge on any atom is 0.328 e. The lowest BCUT2D eigenvalue weighted by Crippen LogP contribution is -2.45. The molecule has 3 amide bonds. The average Bonchev–Trinajstić information content (AvgIpc) is 2.62. The van der Waals surface area contributed by atoms with Gasteiger partial charge < -0.3 is 10.6 Å². The summed E-state index contributed by atoms with van der Waals surface area (Å²) < 4.78 is 26.8. The lowest BCUT2D eigenvalue weighted by molar-refractivity contribution is -0.123. The minimum absolute atomic E-state index is 0.0117. The highest BCUT2D eigenvalue weighted by molar-refractivity contribution is 7.90. The molecule has 0 spiro atoms. The van der Waals surface area contributed by atoms with Crippen LogP contribution in [0.4, 0.5) is 4.79 Å². The van der Waals surface area contributed by atoms with Gasteiger partial charge in [0.1, 0.15) is 0 Å². The van der Waals surface area contributed by atoms with Crippen molar-refractivity contribution in [1.29, 1.82) is 0 Å².